The van der Waals surface area contributed by atoms with Crippen LogP contribution in [-0.2, 0) is 4.74 Å². The smallest absolute Gasteiger partial charge is 0.168 e. The maximum atomic E-state index is 13.4. The van der Waals surface area contributed by atoms with E-state index in [2.05, 4.69) is 20.0 Å². The molecule has 7 heteroatoms. The lowest BCUT2D eigenvalue weighted by molar-refractivity contribution is 0.122. The van der Waals surface area contributed by atoms with Gasteiger partial charge in [-0.05, 0) is 18.2 Å². The molecular formula is C15H14FN5O. The van der Waals surface area contributed by atoms with E-state index in [1.54, 1.807) is 23.0 Å². The Kier molecular flexibility index (Phi) is 3.19. The molecule has 0 amide bonds. The molecule has 0 spiro atoms. The molecule has 1 fully saturated rings. The van der Waals surface area contributed by atoms with E-state index in [1.807, 2.05) is 0 Å². The van der Waals surface area contributed by atoms with Crippen molar-refractivity contribution in [3.05, 3.63) is 42.6 Å². The van der Waals surface area contributed by atoms with Gasteiger partial charge in [-0.25, -0.2) is 19.0 Å². The standard InChI is InChI=1S/C15H14FN5O/c16-11-2-1-3-12(8-11)21-15-13(9-19-21)14(17-10-18-15)20-4-6-22-7-5-20/h1-3,8-10H,4-7H2. The predicted molar refractivity (Wildman–Crippen MR) is 79.7 cm³/mol. The summed E-state index contributed by atoms with van der Waals surface area (Å²) in [5.41, 5.74) is 1.31. The Bertz CT molecular complexity index is 813. The second-order valence-electron chi connectivity index (χ2n) is 5.07. The van der Waals surface area contributed by atoms with Crippen molar-refractivity contribution >= 4 is 16.9 Å². The summed E-state index contributed by atoms with van der Waals surface area (Å²) in [7, 11) is 0. The zero-order valence-electron chi connectivity index (χ0n) is 11.8. The number of aromatic nitrogens is 4. The summed E-state index contributed by atoms with van der Waals surface area (Å²) in [6.45, 7) is 2.95. The lowest BCUT2D eigenvalue weighted by Gasteiger charge is -2.27. The molecule has 112 valence electrons. The van der Waals surface area contributed by atoms with Crippen LogP contribution in [0.4, 0.5) is 10.2 Å². The molecule has 2 aromatic heterocycles. The summed E-state index contributed by atoms with van der Waals surface area (Å²) in [4.78, 5) is 10.9. The second-order valence-corrected chi connectivity index (χ2v) is 5.07. The van der Waals surface area contributed by atoms with Gasteiger partial charge in [-0.15, -0.1) is 0 Å². The van der Waals surface area contributed by atoms with Crippen LogP contribution in [0.2, 0.25) is 0 Å². The molecule has 1 aliphatic rings. The van der Waals surface area contributed by atoms with Crippen LogP contribution in [0.1, 0.15) is 0 Å². The average molecular weight is 299 g/mol. The van der Waals surface area contributed by atoms with E-state index in [0.29, 0.717) is 24.5 Å². The lowest BCUT2D eigenvalue weighted by Crippen LogP contribution is -2.36. The summed E-state index contributed by atoms with van der Waals surface area (Å²) >= 11 is 0. The summed E-state index contributed by atoms with van der Waals surface area (Å²) in [6, 6.07) is 6.29. The maximum absolute atomic E-state index is 13.4. The Hall–Kier alpha value is -2.54. The van der Waals surface area contributed by atoms with Crippen LogP contribution in [0, 0.1) is 5.82 Å². The first kappa shape index (κ1) is 13.1. The number of anilines is 1. The first-order valence-corrected chi connectivity index (χ1v) is 7.10. The third-order valence-electron chi connectivity index (χ3n) is 3.71. The van der Waals surface area contributed by atoms with E-state index in [4.69, 9.17) is 4.74 Å². The van der Waals surface area contributed by atoms with E-state index in [1.165, 1.54) is 18.5 Å². The normalized spacial score (nSPS) is 15.4. The Morgan fingerprint density at radius 2 is 2.00 bits per heavy atom. The van der Waals surface area contributed by atoms with Crippen LogP contribution in [-0.4, -0.2) is 46.1 Å². The van der Waals surface area contributed by atoms with Crippen LogP contribution in [0.5, 0.6) is 0 Å². The quantitative estimate of drug-likeness (QED) is 0.722. The van der Waals surface area contributed by atoms with Gasteiger partial charge in [-0.1, -0.05) is 6.07 Å². The topological polar surface area (TPSA) is 56.1 Å². The van der Waals surface area contributed by atoms with E-state index in [0.717, 1.165) is 24.3 Å². The number of morpholine rings is 1. The fraction of sp³-hybridized carbons (Fsp3) is 0.267. The van der Waals surface area contributed by atoms with Gasteiger partial charge in [0, 0.05) is 13.1 Å². The molecule has 6 nitrogen and oxygen atoms in total. The number of hydrogen-bond acceptors (Lipinski definition) is 5. The molecule has 1 aliphatic heterocycles. The molecule has 4 rings (SSSR count). The molecular weight excluding hydrogens is 285 g/mol. The van der Waals surface area contributed by atoms with E-state index in [-0.39, 0.29) is 5.82 Å². The Morgan fingerprint density at radius 3 is 2.82 bits per heavy atom. The fourth-order valence-electron chi connectivity index (χ4n) is 2.66. The molecule has 0 saturated carbocycles. The third-order valence-corrected chi connectivity index (χ3v) is 3.71. The first-order chi connectivity index (χ1) is 10.8. The van der Waals surface area contributed by atoms with Crippen molar-refractivity contribution in [1.29, 1.82) is 0 Å². The minimum atomic E-state index is -0.302. The maximum Gasteiger partial charge on any atom is 0.168 e. The lowest BCUT2D eigenvalue weighted by atomic mass is 10.3. The number of halogens is 1. The van der Waals surface area contributed by atoms with Gasteiger partial charge in [0.25, 0.3) is 0 Å². The van der Waals surface area contributed by atoms with Crippen LogP contribution in [0.25, 0.3) is 16.7 Å². The van der Waals surface area contributed by atoms with Gasteiger partial charge < -0.3 is 9.64 Å². The van der Waals surface area contributed by atoms with Gasteiger partial charge in [0.05, 0.1) is 30.5 Å². The summed E-state index contributed by atoms with van der Waals surface area (Å²) in [5.74, 6) is 0.541. The van der Waals surface area contributed by atoms with E-state index >= 15 is 0 Å². The van der Waals surface area contributed by atoms with Crippen molar-refractivity contribution in [1.82, 2.24) is 19.7 Å². The summed E-state index contributed by atoms with van der Waals surface area (Å²) in [5, 5.41) is 5.21. The molecule has 0 bridgehead atoms. The molecule has 0 N–H and O–H groups in total. The van der Waals surface area contributed by atoms with Gasteiger partial charge >= 0.3 is 0 Å². The Morgan fingerprint density at radius 1 is 1.14 bits per heavy atom. The summed E-state index contributed by atoms with van der Waals surface area (Å²) < 4.78 is 20.4. The Labute approximate surface area is 126 Å². The zero-order valence-corrected chi connectivity index (χ0v) is 11.8. The minimum absolute atomic E-state index is 0.302. The van der Waals surface area contributed by atoms with Crippen molar-refractivity contribution < 1.29 is 9.13 Å². The molecule has 1 saturated heterocycles. The molecule has 0 unspecified atom stereocenters. The highest BCUT2D eigenvalue weighted by Gasteiger charge is 2.18. The number of ether oxygens (including phenoxy) is 1. The molecule has 3 aromatic rings. The minimum Gasteiger partial charge on any atom is -0.378 e. The average Bonchev–Trinajstić information content (AvgIpc) is 3.00. The van der Waals surface area contributed by atoms with Crippen molar-refractivity contribution in [3.63, 3.8) is 0 Å². The van der Waals surface area contributed by atoms with Gasteiger partial charge in [0.1, 0.15) is 18.0 Å². The number of hydrogen-bond donors (Lipinski definition) is 0. The number of rotatable bonds is 2. The molecule has 1 aromatic carbocycles. The van der Waals surface area contributed by atoms with E-state index in [9.17, 15) is 4.39 Å². The second kappa shape index (κ2) is 5.34. The summed E-state index contributed by atoms with van der Waals surface area (Å²) in [6.07, 6.45) is 3.25. The third kappa shape index (κ3) is 2.19. The molecule has 0 atom stereocenters. The number of nitrogens with zero attached hydrogens (tertiary/aromatic N) is 5. The van der Waals surface area contributed by atoms with Crippen LogP contribution >= 0.6 is 0 Å². The predicted octanol–water partition coefficient (Wildman–Crippen LogP) is 1.79. The molecule has 0 aliphatic carbocycles. The fourth-order valence-corrected chi connectivity index (χ4v) is 2.66. The number of benzene rings is 1. The first-order valence-electron chi connectivity index (χ1n) is 7.10. The zero-order chi connectivity index (χ0) is 14.9. The van der Waals surface area contributed by atoms with Gasteiger partial charge in [0.2, 0.25) is 0 Å². The van der Waals surface area contributed by atoms with Crippen molar-refractivity contribution in [2.24, 2.45) is 0 Å². The SMILES string of the molecule is Fc1cccc(-n2ncc3c(N4CCOCC4)ncnc32)c1. The molecule has 22 heavy (non-hydrogen) atoms. The van der Waals surface area contributed by atoms with Crippen LogP contribution < -0.4 is 4.90 Å². The van der Waals surface area contributed by atoms with E-state index < -0.39 is 0 Å². The molecule has 3 heterocycles. The van der Waals surface area contributed by atoms with Crippen molar-refractivity contribution in [2.45, 2.75) is 0 Å². The van der Waals surface area contributed by atoms with Crippen molar-refractivity contribution in [3.8, 4) is 5.69 Å². The van der Waals surface area contributed by atoms with Crippen molar-refractivity contribution in [2.75, 3.05) is 31.2 Å². The largest absolute Gasteiger partial charge is 0.378 e. The molecule has 0 radical (unpaired) electrons. The van der Waals surface area contributed by atoms with Crippen LogP contribution in [0.3, 0.4) is 0 Å². The monoisotopic (exact) mass is 299 g/mol. The van der Waals surface area contributed by atoms with Gasteiger partial charge in [-0.3, -0.25) is 0 Å². The number of fused-ring (bicyclic) bond motifs is 1. The highest BCUT2D eigenvalue weighted by molar-refractivity contribution is 5.87. The van der Waals surface area contributed by atoms with Gasteiger partial charge in [-0.2, -0.15) is 5.10 Å². The van der Waals surface area contributed by atoms with Gasteiger partial charge in [0.15, 0.2) is 5.65 Å². The highest BCUT2D eigenvalue weighted by atomic mass is 19.1. The van der Waals surface area contributed by atoms with Crippen LogP contribution in [0.15, 0.2) is 36.8 Å². The highest BCUT2D eigenvalue weighted by Crippen LogP contribution is 2.25. The Balaban J connectivity index is 1.83.